The minimum absolute atomic E-state index is 0.0416. The van der Waals surface area contributed by atoms with E-state index >= 15 is 0 Å². The van der Waals surface area contributed by atoms with E-state index in [1.54, 1.807) is 6.07 Å². The lowest BCUT2D eigenvalue weighted by Gasteiger charge is -2.37. The van der Waals surface area contributed by atoms with Crippen molar-refractivity contribution in [2.75, 3.05) is 31.1 Å². The molecule has 0 amide bonds. The number of fused-ring (bicyclic) bond motifs is 1. The lowest BCUT2D eigenvalue weighted by molar-refractivity contribution is -0.141. The number of nitrogens with zero attached hydrogens (tertiary/aromatic N) is 4. The van der Waals surface area contributed by atoms with Crippen LogP contribution in [0.4, 0.5) is 19.0 Å². The van der Waals surface area contributed by atoms with Gasteiger partial charge in [0, 0.05) is 32.6 Å². The Morgan fingerprint density at radius 3 is 2.76 bits per heavy atom. The average molecular weight is 300 g/mol. The number of hydrogen-bond donors (Lipinski definition) is 1. The molecule has 8 heteroatoms. The largest absolute Gasteiger partial charge is 0.433 e. The SMILES string of the molecule is ON=C1CCN2CCN(c3cccc(C(F)(F)F)n3)CC12. The van der Waals surface area contributed by atoms with Gasteiger partial charge in [-0.2, -0.15) is 13.2 Å². The standard InChI is InChI=1S/C13H15F3N4O/c14-13(15,16)11-2-1-3-12(17-11)20-7-6-19-5-4-9(18-21)10(19)8-20/h1-3,10,21H,4-8H2. The lowest BCUT2D eigenvalue weighted by atomic mass is 10.1. The van der Waals surface area contributed by atoms with Crippen LogP contribution in [0.15, 0.2) is 23.4 Å². The normalized spacial score (nSPS) is 25.4. The van der Waals surface area contributed by atoms with E-state index in [4.69, 9.17) is 5.21 Å². The summed E-state index contributed by atoms with van der Waals surface area (Å²) in [6.07, 6.45) is -3.74. The van der Waals surface area contributed by atoms with E-state index in [-0.39, 0.29) is 6.04 Å². The quantitative estimate of drug-likeness (QED) is 0.635. The first-order chi connectivity index (χ1) is 9.99. The summed E-state index contributed by atoms with van der Waals surface area (Å²) >= 11 is 0. The van der Waals surface area contributed by atoms with Crippen molar-refractivity contribution in [2.45, 2.75) is 18.6 Å². The number of halogens is 3. The fraction of sp³-hybridized carbons (Fsp3) is 0.538. The molecule has 2 saturated heterocycles. The molecule has 1 unspecified atom stereocenters. The van der Waals surface area contributed by atoms with Gasteiger partial charge in [0.15, 0.2) is 0 Å². The molecule has 114 valence electrons. The second kappa shape index (κ2) is 5.18. The molecule has 1 atom stereocenters. The minimum atomic E-state index is -4.44. The van der Waals surface area contributed by atoms with Crippen molar-refractivity contribution in [3.63, 3.8) is 0 Å². The van der Waals surface area contributed by atoms with Gasteiger partial charge in [-0.3, -0.25) is 4.90 Å². The Morgan fingerprint density at radius 2 is 2.05 bits per heavy atom. The van der Waals surface area contributed by atoms with Crippen molar-refractivity contribution in [3.8, 4) is 0 Å². The highest BCUT2D eigenvalue weighted by Crippen LogP contribution is 2.30. The van der Waals surface area contributed by atoms with Crippen LogP contribution in [0.2, 0.25) is 0 Å². The molecule has 1 aromatic rings. The van der Waals surface area contributed by atoms with Gasteiger partial charge in [-0.05, 0) is 12.1 Å². The highest BCUT2D eigenvalue weighted by atomic mass is 19.4. The Balaban J connectivity index is 1.82. The topological polar surface area (TPSA) is 52.0 Å². The lowest BCUT2D eigenvalue weighted by Crippen LogP contribution is -2.52. The van der Waals surface area contributed by atoms with Crippen molar-refractivity contribution in [1.29, 1.82) is 0 Å². The van der Waals surface area contributed by atoms with Gasteiger partial charge >= 0.3 is 6.18 Å². The molecule has 3 rings (SSSR count). The Bertz CT molecular complexity index is 561. The minimum Gasteiger partial charge on any atom is -0.411 e. The van der Waals surface area contributed by atoms with E-state index in [0.29, 0.717) is 31.0 Å². The maximum absolute atomic E-state index is 12.7. The van der Waals surface area contributed by atoms with Crippen LogP contribution in [-0.4, -0.2) is 53.0 Å². The molecule has 0 saturated carbocycles. The summed E-state index contributed by atoms with van der Waals surface area (Å²) in [6, 6.07) is 3.87. The third-order valence-corrected chi connectivity index (χ3v) is 4.01. The van der Waals surface area contributed by atoms with E-state index in [0.717, 1.165) is 19.2 Å². The van der Waals surface area contributed by atoms with E-state index < -0.39 is 11.9 Å². The zero-order chi connectivity index (χ0) is 15.0. The first-order valence-electron chi connectivity index (χ1n) is 6.73. The molecule has 2 aliphatic heterocycles. The van der Waals surface area contributed by atoms with Crippen LogP contribution in [-0.2, 0) is 6.18 Å². The summed E-state index contributed by atoms with van der Waals surface area (Å²) in [5, 5.41) is 12.3. The molecule has 3 heterocycles. The molecule has 2 aliphatic rings. The first-order valence-corrected chi connectivity index (χ1v) is 6.73. The Hall–Kier alpha value is -1.83. The maximum atomic E-state index is 12.7. The number of rotatable bonds is 1. The number of aromatic nitrogens is 1. The smallest absolute Gasteiger partial charge is 0.411 e. The second-order valence-electron chi connectivity index (χ2n) is 5.22. The van der Waals surface area contributed by atoms with Crippen molar-refractivity contribution in [3.05, 3.63) is 23.9 Å². The van der Waals surface area contributed by atoms with E-state index in [1.807, 2.05) is 4.90 Å². The predicted molar refractivity (Wildman–Crippen MR) is 70.7 cm³/mol. The van der Waals surface area contributed by atoms with Crippen LogP contribution < -0.4 is 4.90 Å². The molecule has 0 aromatic carbocycles. The Kier molecular flexibility index (Phi) is 3.48. The number of alkyl halides is 3. The monoisotopic (exact) mass is 300 g/mol. The highest BCUT2D eigenvalue weighted by molar-refractivity contribution is 5.91. The fourth-order valence-corrected chi connectivity index (χ4v) is 2.91. The molecule has 2 fully saturated rings. The zero-order valence-electron chi connectivity index (χ0n) is 11.2. The zero-order valence-corrected chi connectivity index (χ0v) is 11.2. The van der Waals surface area contributed by atoms with Crippen molar-refractivity contribution in [2.24, 2.45) is 5.16 Å². The molecular formula is C13H15F3N4O. The molecule has 0 aliphatic carbocycles. The van der Waals surface area contributed by atoms with Gasteiger partial charge in [-0.25, -0.2) is 4.98 Å². The molecule has 21 heavy (non-hydrogen) atoms. The highest BCUT2D eigenvalue weighted by Gasteiger charge is 2.37. The number of piperazine rings is 1. The second-order valence-corrected chi connectivity index (χ2v) is 5.22. The number of hydrogen-bond acceptors (Lipinski definition) is 5. The van der Waals surface area contributed by atoms with Gasteiger partial charge in [0.2, 0.25) is 0 Å². The molecule has 1 N–H and O–H groups in total. The van der Waals surface area contributed by atoms with Crippen LogP contribution in [0.25, 0.3) is 0 Å². The van der Waals surface area contributed by atoms with E-state index in [2.05, 4.69) is 15.0 Å². The van der Waals surface area contributed by atoms with Crippen molar-refractivity contribution in [1.82, 2.24) is 9.88 Å². The number of pyridine rings is 1. The van der Waals surface area contributed by atoms with E-state index in [9.17, 15) is 13.2 Å². The summed E-state index contributed by atoms with van der Waals surface area (Å²) in [5.41, 5.74) is -0.198. The molecule has 5 nitrogen and oxygen atoms in total. The van der Waals surface area contributed by atoms with Crippen LogP contribution >= 0.6 is 0 Å². The van der Waals surface area contributed by atoms with Gasteiger partial charge < -0.3 is 10.1 Å². The van der Waals surface area contributed by atoms with Crippen LogP contribution in [0.5, 0.6) is 0 Å². The Labute approximate surface area is 119 Å². The molecule has 0 bridgehead atoms. The summed E-state index contributed by atoms with van der Waals surface area (Å²) in [5.74, 6) is 0.314. The molecular weight excluding hydrogens is 285 g/mol. The van der Waals surface area contributed by atoms with Crippen LogP contribution in [0, 0.1) is 0 Å². The van der Waals surface area contributed by atoms with Crippen molar-refractivity contribution >= 4 is 11.5 Å². The number of anilines is 1. The fourth-order valence-electron chi connectivity index (χ4n) is 2.91. The first kappa shape index (κ1) is 14.1. The van der Waals surface area contributed by atoms with Gasteiger partial charge in [0.25, 0.3) is 0 Å². The van der Waals surface area contributed by atoms with Crippen LogP contribution in [0.3, 0.4) is 0 Å². The third-order valence-electron chi connectivity index (χ3n) is 4.01. The summed E-state index contributed by atoms with van der Waals surface area (Å²) in [7, 11) is 0. The summed E-state index contributed by atoms with van der Waals surface area (Å²) in [4.78, 5) is 7.70. The molecule has 0 radical (unpaired) electrons. The summed E-state index contributed by atoms with van der Waals surface area (Å²) < 4.78 is 38.2. The maximum Gasteiger partial charge on any atom is 0.433 e. The summed E-state index contributed by atoms with van der Waals surface area (Å²) in [6.45, 7) is 2.66. The van der Waals surface area contributed by atoms with Gasteiger partial charge in [-0.15, -0.1) is 0 Å². The number of oxime groups is 1. The van der Waals surface area contributed by atoms with Gasteiger partial charge in [0.1, 0.15) is 11.5 Å². The molecule has 1 aromatic heterocycles. The average Bonchev–Trinajstić information content (AvgIpc) is 2.88. The van der Waals surface area contributed by atoms with Gasteiger partial charge in [0.05, 0.1) is 11.8 Å². The predicted octanol–water partition coefficient (Wildman–Crippen LogP) is 1.82. The Morgan fingerprint density at radius 1 is 1.24 bits per heavy atom. The van der Waals surface area contributed by atoms with Gasteiger partial charge in [-0.1, -0.05) is 11.2 Å². The van der Waals surface area contributed by atoms with Crippen molar-refractivity contribution < 1.29 is 18.4 Å². The van der Waals surface area contributed by atoms with Crippen LogP contribution in [0.1, 0.15) is 12.1 Å². The third kappa shape index (κ3) is 2.67. The molecule has 0 spiro atoms. The van der Waals surface area contributed by atoms with E-state index in [1.165, 1.54) is 6.07 Å².